The second kappa shape index (κ2) is 4.11. The SMILES string of the molecule is Fc1ccc2nc(CC3CCCN3)sc2c1. The minimum Gasteiger partial charge on any atom is -0.314 e. The van der Waals surface area contributed by atoms with Gasteiger partial charge in [-0.05, 0) is 37.6 Å². The third kappa shape index (κ3) is 1.95. The quantitative estimate of drug-likeness (QED) is 0.867. The zero-order valence-corrected chi connectivity index (χ0v) is 9.69. The van der Waals surface area contributed by atoms with Crippen molar-refractivity contribution in [2.24, 2.45) is 0 Å². The van der Waals surface area contributed by atoms with Crippen LogP contribution in [0.25, 0.3) is 10.2 Å². The molecule has 1 saturated heterocycles. The topological polar surface area (TPSA) is 24.9 Å². The van der Waals surface area contributed by atoms with Gasteiger partial charge in [0.25, 0.3) is 0 Å². The molecule has 2 nitrogen and oxygen atoms in total. The van der Waals surface area contributed by atoms with Gasteiger partial charge >= 0.3 is 0 Å². The smallest absolute Gasteiger partial charge is 0.124 e. The average molecular weight is 236 g/mol. The van der Waals surface area contributed by atoms with Crippen molar-refractivity contribution in [2.75, 3.05) is 6.54 Å². The van der Waals surface area contributed by atoms with Crippen molar-refractivity contribution >= 4 is 21.6 Å². The fraction of sp³-hybridized carbons (Fsp3) is 0.417. The number of hydrogen-bond acceptors (Lipinski definition) is 3. The standard InChI is InChI=1S/C12H13FN2S/c13-8-3-4-10-11(6-8)16-12(15-10)7-9-2-1-5-14-9/h3-4,6,9,14H,1-2,5,7H2. The zero-order chi connectivity index (χ0) is 11.0. The van der Waals surface area contributed by atoms with Crippen molar-refractivity contribution < 1.29 is 4.39 Å². The van der Waals surface area contributed by atoms with Crippen LogP contribution in [0.5, 0.6) is 0 Å². The maximum absolute atomic E-state index is 13.0. The van der Waals surface area contributed by atoms with E-state index in [0.29, 0.717) is 6.04 Å². The lowest BCUT2D eigenvalue weighted by Crippen LogP contribution is -2.23. The summed E-state index contributed by atoms with van der Waals surface area (Å²) in [6, 6.07) is 5.36. The Balaban J connectivity index is 1.86. The first kappa shape index (κ1) is 10.2. The van der Waals surface area contributed by atoms with Crippen LogP contribution >= 0.6 is 11.3 Å². The highest BCUT2D eigenvalue weighted by molar-refractivity contribution is 7.18. The summed E-state index contributed by atoms with van der Waals surface area (Å²) in [6.45, 7) is 1.12. The van der Waals surface area contributed by atoms with Crippen molar-refractivity contribution in [3.05, 3.63) is 29.0 Å². The van der Waals surface area contributed by atoms with Crippen molar-refractivity contribution in [2.45, 2.75) is 25.3 Å². The van der Waals surface area contributed by atoms with E-state index in [0.717, 1.165) is 28.2 Å². The Labute approximate surface area is 97.5 Å². The number of benzene rings is 1. The minimum absolute atomic E-state index is 0.179. The summed E-state index contributed by atoms with van der Waals surface area (Å²) < 4.78 is 14.0. The van der Waals surface area contributed by atoms with Crippen LogP contribution in [0.4, 0.5) is 4.39 Å². The van der Waals surface area contributed by atoms with E-state index in [-0.39, 0.29) is 5.82 Å². The summed E-state index contributed by atoms with van der Waals surface area (Å²) in [7, 11) is 0. The molecule has 0 radical (unpaired) electrons. The van der Waals surface area contributed by atoms with Gasteiger partial charge in [-0.25, -0.2) is 9.37 Å². The largest absolute Gasteiger partial charge is 0.314 e. The molecule has 0 bridgehead atoms. The van der Waals surface area contributed by atoms with Crippen LogP contribution in [-0.2, 0) is 6.42 Å². The molecule has 2 aromatic rings. The average Bonchev–Trinajstić information content (AvgIpc) is 2.86. The molecule has 0 saturated carbocycles. The van der Waals surface area contributed by atoms with Crippen LogP contribution in [0.1, 0.15) is 17.8 Å². The molecule has 0 spiro atoms. The Morgan fingerprint density at radius 1 is 1.50 bits per heavy atom. The first-order valence-electron chi connectivity index (χ1n) is 5.59. The van der Waals surface area contributed by atoms with Gasteiger partial charge in [-0.1, -0.05) is 0 Å². The summed E-state index contributed by atoms with van der Waals surface area (Å²) in [5.41, 5.74) is 0.916. The molecule has 1 aromatic carbocycles. The van der Waals surface area contributed by atoms with E-state index in [1.54, 1.807) is 23.5 Å². The molecule has 84 valence electrons. The molecule has 1 aliphatic rings. The van der Waals surface area contributed by atoms with Crippen molar-refractivity contribution in [3.63, 3.8) is 0 Å². The maximum atomic E-state index is 13.0. The predicted molar refractivity (Wildman–Crippen MR) is 64.3 cm³/mol. The zero-order valence-electron chi connectivity index (χ0n) is 8.87. The number of halogens is 1. The summed E-state index contributed by atoms with van der Waals surface area (Å²) in [5.74, 6) is -0.179. The van der Waals surface area contributed by atoms with E-state index in [1.165, 1.54) is 18.9 Å². The van der Waals surface area contributed by atoms with Crippen LogP contribution < -0.4 is 5.32 Å². The molecule has 1 fully saturated rings. The Morgan fingerprint density at radius 3 is 3.25 bits per heavy atom. The number of rotatable bonds is 2. The van der Waals surface area contributed by atoms with E-state index in [4.69, 9.17) is 0 Å². The normalized spacial score (nSPS) is 20.7. The van der Waals surface area contributed by atoms with Gasteiger partial charge in [-0.15, -0.1) is 11.3 Å². The van der Waals surface area contributed by atoms with Crippen LogP contribution in [-0.4, -0.2) is 17.6 Å². The van der Waals surface area contributed by atoms with Crippen molar-refractivity contribution in [1.82, 2.24) is 10.3 Å². The summed E-state index contributed by atoms with van der Waals surface area (Å²) in [4.78, 5) is 4.53. The molecule has 1 aliphatic heterocycles. The number of thiazole rings is 1. The highest BCUT2D eigenvalue weighted by atomic mass is 32.1. The highest BCUT2D eigenvalue weighted by Gasteiger charge is 2.16. The highest BCUT2D eigenvalue weighted by Crippen LogP contribution is 2.24. The molecule has 0 amide bonds. The van der Waals surface area contributed by atoms with Gasteiger partial charge in [-0.3, -0.25) is 0 Å². The summed E-state index contributed by atoms with van der Waals surface area (Å²) in [5, 5.41) is 4.56. The monoisotopic (exact) mass is 236 g/mol. The molecular formula is C12H13FN2S. The molecule has 2 heterocycles. The lowest BCUT2D eigenvalue weighted by atomic mass is 10.2. The molecule has 3 rings (SSSR count). The number of hydrogen-bond donors (Lipinski definition) is 1. The van der Waals surface area contributed by atoms with E-state index < -0.39 is 0 Å². The first-order chi connectivity index (χ1) is 7.81. The number of nitrogens with one attached hydrogen (secondary N) is 1. The van der Waals surface area contributed by atoms with Gasteiger partial charge < -0.3 is 5.32 Å². The second-order valence-electron chi connectivity index (χ2n) is 4.22. The second-order valence-corrected chi connectivity index (χ2v) is 5.33. The minimum atomic E-state index is -0.179. The molecule has 4 heteroatoms. The Bertz CT molecular complexity index is 503. The Hall–Kier alpha value is -1.00. The van der Waals surface area contributed by atoms with Gasteiger partial charge in [0.2, 0.25) is 0 Å². The van der Waals surface area contributed by atoms with Crippen molar-refractivity contribution in [1.29, 1.82) is 0 Å². The van der Waals surface area contributed by atoms with Crippen molar-refractivity contribution in [3.8, 4) is 0 Å². The van der Waals surface area contributed by atoms with Gasteiger partial charge in [0.15, 0.2) is 0 Å². The lowest BCUT2D eigenvalue weighted by Gasteiger charge is -2.05. The van der Waals surface area contributed by atoms with Gasteiger partial charge in [0.05, 0.1) is 15.2 Å². The first-order valence-corrected chi connectivity index (χ1v) is 6.41. The maximum Gasteiger partial charge on any atom is 0.124 e. The van der Waals surface area contributed by atoms with Gasteiger partial charge in [-0.2, -0.15) is 0 Å². The molecule has 1 atom stereocenters. The van der Waals surface area contributed by atoms with E-state index >= 15 is 0 Å². The third-order valence-corrected chi connectivity index (χ3v) is 4.02. The molecule has 0 aliphatic carbocycles. The van der Waals surface area contributed by atoms with Crippen LogP contribution in [0.3, 0.4) is 0 Å². The summed E-state index contributed by atoms with van der Waals surface area (Å²) in [6.07, 6.45) is 3.45. The molecular weight excluding hydrogens is 223 g/mol. The van der Waals surface area contributed by atoms with Gasteiger partial charge in [0, 0.05) is 12.5 Å². The van der Waals surface area contributed by atoms with Crippen LogP contribution in [0.2, 0.25) is 0 Å². The number of nitrogens with zero attached hydrogens (tertiary/aromatic N) is 1. The number of aromatic nitrogens is 1. The van der Waals surface area contributed by atoms with Crippen LogP contribution in [0, 0.1) is 5.82 Å². The fourth-order valence-electron chi connectivity index (χ4n) is 2.18. The molecule has 1 unspecified atom stereocenters. The fourth-order valence-corrected chi connectivity index (χ4v) is 3.25. The summed E-state index contributed by atoms with van der Waals surface area (Å²) >= 11 is 1.61. The lowest BCUT2D eigenvalue weighted by molar-refractivity contribution is 0.602. The third-order valence-electron chi connectivity index (χ3n) is 2.98. The van der Waals surface area contributed by atoms with E-state index in [2.05, 4.69) is 10.3 Å². The Morgan fingerprint density at radius 2 is 2.44 bits per heavy atom. The van der Waals surface area contributed by atoms with E-state index in [9.17, 15) is 4.39 Å². The molecule has 1 N–H and O–H groups in total. The van der Waals surface area contributed by atoms with Crippen LogP contribution in [0.15, 0.2) is 18.2 Å². The Kier molecular flexibility index (Phi) is 2.61. The van der Waals surface area contributed by atoms with E-state index in [1.807, 2.05) is 0 Å². The molecule has 1 aromatic heterocycles. The molecule has 16 heavy (non-hydrogen) atoms. The predicted octanol–water partition coefficient (Wildman–Crippen LogP) is 2.73. The number of fused-ring (bicyclic) bond motifs is 1. The van der Waals surface area contributed by atoms with Gasteiger partial charge in [0.1, 0.15) is 5.82 Å².